The number of nitrogens with two attached hydrogens (primary N) is 1. The average molecular weight is 223 g/mol. The number of anilines is 1. The quantitative estimate of drug-likeness (QED) is 0.751. The topological polar surface area (TPSA) is 55.0 Å². The summed E-state index contributed by atoms with van der Waals surface area (Å²) in [5.41, 5.74) is 6.69. The van der Waals surface area contributed by atoms with Crippen LogP contribution in [0.3, 0.4) is 0 Å². The van der Waals surface area contributed by atoms with Gasteiger partial charge in [0.1, 0.15) is 6.33 Å². The number of rotatable bonds is 1. The molecule has 2 heterocycles. The zero-order valence-corrected chi connectivity index (χ0v) is 8.59. The van der Waals surface area contributed by atoms with Crippen LogP contribution in [-0.2, 0) is 0 Å². The molecule has 1 aromatic rings. The largest absolute Gasteiger partial charge is 0.366 e. The molecule has 0 aliphatic carbocycles. The van der Waals surface area contributed by atoms with Gasteiger partial charge < -0.3 is 10.6 Å². The summed E-state index contributed by atoms with van der Waals surface area (Å²) in [6.07, 6.45) is 5.14. The highest BCUT2D eigenvalue weighted by atomic mass is 35.5. The maximum atomic E-state index is 5.62. The second kappa shape index (κ2) is 5.21. The van der Waals surface area contributed by atoms with E-state index in [9.17, 15) is 0 Å². The Kier molecular flexibility index (Phi) is 4.98. The predicted octanol–water partition coefficient (Wildman–Crippen LogP) is 0.468. The monoisotopic (exact) mass is 222 g/mol. The molecule has 0 radical (unpaired) electrons. The summed E-state index contributed by atoms with van der Waals surface area (Å²) in [5, 5.41) is 0. The van der Waals surface area contributed by atoms with E-state index in [4.69, 9.17) is 5.73 Å². The molecule has 0 atom stereocenters. The van der Waals surface area contributed by atoms with Crippen molar-refractivity contribution in [3.05, 3.63) is 18.7 Å². The van der Waals surface area contributed by atoms with Crippen LogP contribution in [0.5, 0.6) is 0 Å². The van der Waals surface area contributed by atoms with E-state index in [1.165, 1.54) is 6.33 Å². The molecule has 4 nitrogen and oxygen atoms in total. The van der Waals surface area contributed by atoms with Crippen LogP contribution >= 0.6 is 24.8 Å². The summed E-state index contributed by atoms with van der Waals surface area (Å²) in [7, 11) is 0. The Labute approximate surface area is 89.4 Å². The van der Waals surface area contributed by atoms with Crippen molar-refractivity contribution in [1.82, 2.24) is 9.97 Å². The smallest absolute Gasteiger partial charge is 0.115 e. The normalized spacial score (nSPS) is 15.3. The fourth-order valence-electron chi connectivity index (χ4n) is 1.18. The lowest BCUT2D eigenvalue weighted by Crippen LogP contribution is -2.55. The first-order valence-corrected chi connectivity index (χ1v) is 3.62. The van der Waals surface area contributed by atoms with Crippen molar-refractivity contribution in [2.45, 2.75) is 6.04 Å². The van der Waals surface area contributed by atoms with E-state index in [0.717, 1.165) is 18.8 Å². The van der Waals surface area contributed by atoms with Gasteiger partial charge >= 0.3 is 0 Å². The van der Waals surface area contributed by atoms with E-state index in [0.29, 0.717) is 6.04 Å². The van der Waals surface area contributed by atoms with Crippen LogP contribution in [-0.4, -0.2) is 29.1 Å². The maximum Gasteiger partial charge on any atom is 0.115 e. The Morgan fingerprint density at radius 3 is 2.23 bits per heavy atom. The Morgan fingerprint density at radius 2 is 1.77 bits per heavy atom. The number of hydrogen-bond acceptors (Lipinski definition) is 4. The Bertz CT molecular complexity index is 238. The van der Waals surface area contributed by atoms with Crippen LogP contribution in [0, 0.1) is 0 Å². The van der Waals surface area contributed by atoms with Gasteiger partial charge in [-0.1, -0.05) is 0 Å². The van der Waals surface area contributed by atoms with E-state index in [2.05, 4.69) is 14.9 Å². The van der Waals surface area contributed by atoms with Crippen molar-refractivity contribution in [2.75, 3.05) is 18.0 Å². The van der Waals surface area contributed by atoms with Gasteiger partial charge in [0.2, 0.25) is 0 Å². The number of aromatic nitrogens is 2. The van der Waals surface area contributed by atoms with Gasteiger partial charge in [0, 0.05) is 19.1 Å². The molecule has 0 saturated carbocycles. The molecule has 1 aromatic heterocycles. The van der Waals surface area contributed by atoms with Gasteiger partial charge in [0.05, 0.1) is 18.1 Å². The molecule has 0 bridgehead atoms. The fraction of sp³-hybridized carbons (Fsp3) is 0.429. The van der Waals surface area contributed by atoms with E-state index in [-0.39, 0.29) is 24.8 Å². The molecule has 1 aliphatic heterocycles. The van der Waals surface area contributed by atoms with Gasteiger partial charge in [-0.2, -0.15) is 0 Å². The molecule has 1 fully saturated rings. The first kappa shape index (κ1) is 12.4. The van der Waals surface area contributed by atoms with Crippen LogP contribution in [0.15, 0.2) is 18.7 Å². The third-order valence-electron chi connectivity index (χ3n) is 1.82. The molecule has 74 valence electrons. The molecule has 2 rings (SSSR count). The van der Waals surface area contributed by atoms with Crippen molar-refractivity contribution in [2.24, 2.45) is 5.73 Å². The van der Waals surface area contributed by atoms with Gasteiger partial charge in [0.25, 0.3) is 0 Å². The van der Waals surface area contributed by atoms with Crippen LogP contribution in [0.1, 0.15) is 0 Å². The average Bonchev–Trinajstić information content (AvgIpc) is 2.01. The lowest BCUT2D eigenvalue weighted by molar-refractivity contribution is 0.518. The van der Waals surface area contributed by atoms with E-state index >= 15 is 0 Å². The Hall–Kier alpha value is -0.580. The van der Waals surface area contributed by atoms with E-state index < -0.39 is 0 Å². The summed E-state index contributed by atoms with van der Waals surface area (Å²) >= 11 is 0. The van der Waals surface area contributed by atoms with Crippen molar-refractivity contribution >= 4 is 30.5 Å². The summed E-state index contributed by atoms with van der Waals surface area (Å²) in [6, 6.07) is 0.329. The minimum atomic E-state index is 0. The highest BCUT2D eigenvalue weighted by Crippen LogP contribution is 2.16. The minimum Gasteiger partial charge on any atom is -0.366 e. The molecular weight excluding hydrogens is 211 g/mol. The summed E-state index contributed by atoms with van der Waals surface area (Å²) in [4.78, 5) is 10.00. The van der Waals surface area contributed by atoms with Crippen LogP contribution in [0.2, 0.25) is 0 Å². The molecule has 2 N–H and O–H groups in total. The Morgan fingerprint density at radius 1 is 1.23 bits per heavy atom. The van der Waals surface area contributed by atoms with E-state index in [1.54, 1.807) is 12.4 Å². The third kappa shape index (κ3) is 2.69. The first-order valence-electron chi connectivity index (χ1n) is 3.62. The lowest BCUT2D eigenvalue weighted by atomic mass is 10.1. The SMILES string of the molecule is Cl.Cl.NC1CN(c2cncnc2)C1. The number of nitrogens with zero attached hydrogens (tertiary/aromatic N) is 3. The molecule has 1 aliphatic rings. The van der Waals surface area contributed by atoms with Crippen molar-refractivity contribution in [3.63, 3.8) is 0 Å². The highest BCUT2D eigenvalue weighted by molar-refractivity contribution is 5.85. The third-order valence-corrected chi connectivity index (χ3v) is 1.82. The summed E-state index contributed by atoms with van der Waals surface area (Å²) in [6.45, 7) is 1.85. The van der Waals surface area contributed by atoms with Gasteiger partial charge in [0.15, 0.2) is 0 Å². The lowest BCUT2D eigenvalue weighted by Gasteiger charge is -2.38. The van der Waals surface area contributed by atoms with Crippen LogP contribution < -0.4 is 10.6 Å². The second-order valence-electron chi connectivity index (χ2n) is 2.76. The Balaban J connectivity index is 0.000000720. The van der Waals surface area contributed by atoms with Gasteiger partial charge in [-0.3, -0.25) is 0 Å². The molecule has 13 heavy (non-hydrogen) atoms. The summed E-state index contributed by atoms with van der Waals surface area (Å²) in [5.74, 6) is 0. The van der Waals surface area contributed by atoms with E-state index in [1.807, 2.05) is 0 Å². The first-order chi connectivity index (χ1) is 5.36. The number of hydrogen-bond donors (Lipinski definition) is 1. The van der Waals surface area contributed by atoms with Gasteiger partial charge in [-0.15, -0.1) is 24.8 Å². The molecule has 6 heteroatoms. The standard InChI is InChI=1S/C7H10N4.2ClH/c8-6-3-11(4-6)7-1-9-5-10-2-7;;/h1-2,5-6H,3-4,8H2;2*1H. The molecule has 0 aromatic carbocycles. The van der Waals surface area contributed by atoms with Crippen molar-refractivity contribution < 1.29 is 0 Å². The zero-order valence-electron chi connectivity index (χ0n) is 6.96. The second-order valence-corrected chi connectivity index (χ2v) is 2.76. The molecule has 0 spiro atoms. The zero-order chi connectivity index (χ0) is 7.68. The van der Waals surface area contributed by atoms with Crippen molar-refractivity contribution in [1.29, 1.82) is 0 Å². The highest BCUT2D eigenvalue weighted by Gasteiger charge is 2.22. The minimum absolute atomic E-state index is 0. The molecule has 1 saturated heterocycles. The van der Waals surface area contributed by atoms with Gasteiger partial charge in [-0.25, -0.2) is 9.97 Å². The molecular formula is C7H12Cl2N4. The fourth-order valence-corrected chi connectivity index (χ4v) is 1.18. The van der Waals surface area contributed by atoms with Crippen LogP contribution in [0.25, 0.3) is 0 Å². The summed E-state index contributed by atoms with van der Waals surface area (Å²) < 4.78 is 0. The molecule has 0 amide bonds. The van der Waals surface area contributed by atoms with Crippen molar-refractivity contribution in [3.8, 4) is 0 Å². The number of halogens is 2. The molecule has 0 unspecified atom stereocenters. The predicted molar refractivity (Wildman–Crippen MR) is 56.7 cm³/mol. The van der Waals surface area contributed by atoms with Crippen LogP contribution in [0.4, 0.5) is 5.69 Å². The maximum absolute atomic E-state index is 5.62. The van der Waals surface area contributed by atoms with Gasteiger partial charge in [-0.05, 0) is 0 Å².